The maximum absolute atomic E-state index is 12.6. The summed E-state index contributed by atoms with van der Waals surface area (Å²) in [4.78, 5) is 11.4. The van der Waals surface area contributed by atoms with Crippen molar-refractivity contribution in [3.63, 3.8) is 0 Å². The lowest BCUT2D eigenvalue weighted by Gasteiger charge is -2.07. The summed E-state index contributed by atoms with van der Waals surface area (Å²) in [6, 6.07) is 5.77. The number of benzene rings is 1. The van der Waals surface area contributed by atoms with Crippen molar-refractivity contribution in [1.29, 1.82) is 0 Å². The number of rotatable bonds is 7. The molecule has 0 saturated carbocycles. The number of aliphatic hydroxyl groups excluding tert-OH is 1. The fraction of sp³-hybridized carbons (Fsp3) is 0.462. The van der Waals surface area contributed by atoms with Gasteiger partial charge < -0.3 is 15.7 Å². The molecular formula is C13H19FN2O2. The van der Waals surface area contributed by atoms with E-state index in [0.717, 1.165) is 24.8 Å². The molecule has 1 aromatic carbocycles. The maximum atomic E-state index is 12.6. The van der Waals surface area contributed by atoms with Gasteiger partial charge in [-0.2, -0.15) is 0 Å². The molecular weight excluding hydrogens is 235 g/mol. The summed E-state index contributed by atoms with van der Waals surface area (Å²) in [6.07, 6.45) is 2.51. The number of halogens is 1. The zero-order chi connectivity index (χ0) is 13.2. The van der Waals surface area contributed by atoms with Crippen molar-refractivity contribution < 1.29 is 14.3 Å². The predicted molar refractivity (Wildman–Crippen MR) is 67.6 cm³/mol. The van der Waals surface area contributed by atoms with Crippen LogP contribution in [0.5, 0.6) is 0 Å². The van der Waals surface area contributed by atoms with Crippen LogP contribution in [0.3, 0.4) is 0 Å². The van der Waals surface area contributed by atoms with Crippen LogP contribution in [-0.4, -0.2) is 24.3 Å². The smallest absolute Gasteiger partial charge is 0.315 e. The SMILES string of the molecule is O=C(NCCCCCO)NCc1ccc(F)cc1. The molecule has 0 saturated heterocycles. The van der Waals surface area contributed by atoms with Gasteiger partial charge in [0, 0.05) is 19.7 Å². The first-order chi connectivity index (χ1) is 8.72. The van der Waals surface area contributed by atoms with Crippen LogP contribution in [0.2, 0.25) is 0 Å². The number of carbonyl (C=O) groups is 1. The summed E-state index contributed by atoms with van der Waals surface area (Å²) >= 11 is 0. The topological polar surface area (TPSA) is 61.4 Å². The van der Waals surface area contributed by atoms with Gasteiger partial charge in [0.15, 0.2) is 0 Å². The van der Waals surface area contributed by atoms with Crippen LogP contribution in [0.1, 0.15) is 24.8 Å². The molecule has 100 valence electrons. The second-order valence-electron chi connectivity index (χ2n) is 4.02. The normalized spacial score (nSPS) is 10.1. The van der Waals surface area contributed by atoms with Crippen LogP contribution in [0, 0.1) is 5.82 Å². The molecule has 0 spiro atoms. The third kappa shape index (κ3) is 6.20. The van der Waals surface area contributed by atoms with Crippen molar-refractivity contribution in [2.45, 2.75) is 25.8 Å². The van der Waals surface area contributed by atoms with Crippen molar-refractivity contribution in [1.82, 2.24) is 10.6 Å². The van der Waals surface area contributed by atoms with E-state index >= 15 is 0 Å². The Kier molecular flexibility index (Phi) is 6.79. The molecule has 2 amide bonds. The number of amides is 2. The number of urea groups is 1. The molecule has 1 aromatic rings. The van der Waals surface area contributed by atoms with Gasteiger partial charge in [-0.3, -0.25) is 0 Å². The fourth-order valence-corrected chi connectivity index (χ4v) is 1.46. The van der Waals surface area contributed by atoms with E-state index in [0.29, 0.717) is 13.1 Å². The molecule has 0 aliphatic heterocycles. The van der Waals surface area contributed by atoms with Crippen LogP contribution in [0.25, 0.3) is 0 Å². The molecule has 0 bridgehead atoms. The highest BCUT2D eigenvalue weighted by Crippen LogP contribution is 2.01. The monoisotopic (exact) mass is 254 g/mol. The Morgan fingerprint density at radius 3 is 2.50 bits per heavy atom. The molecule has 1 rings (SSSR count). The Labute approximate surface area is 106 Å². The van der Waals surface area contributed by atoms with Gasteiger partial charge in [0.1, 0.15) is 5.82 Å². The van der Waals surface area contributed by atoms with Gasteiger partial charge >= 0.3 is 6.03 Å². The Morgan fingerprint density at radius 1 is 1.11 bits per heavy atom. The summed E-state index contributed by atoms with van der Waals surface area (Å²) in [7, 11) is 0. The molecule has 5 heteroatoms. The highest BCUT2D eigenvalue weighted by molar-refractivity contribution is 5.73. The van der Waals surface area contributed by atoms with E-state index in [1.807, 2.05) is 0 Å². The van der Waals surface area contributed by atoms with E-state index in [1.54, 1.807) is 12.1 Å². The van der Waals surface area contributed by atoms with Gasteiger partial charge in [-0.1, -0.05) is 12.1 Å². The lowest BCUT2D eigenvalue weighted by molar-refractivity contribution is 0.240. The minimum atomic E-state index is -0.285. The van der Waals surface area contributed by atoms with E-state index in [-0.39, 0.29) is 18.5 Å². The van der Waals surface area contributed by atoms with Gasteiger partial charge in [0.2, 0.25) is 0 Å². The number of hydrogen-bond acceptors (Lipinski definition) is 2. The molecule has 0 unspecified atom stereocenters. The summed E-state index contributed by atoms with van der Waals surface area (Å²) in [5, 5.41) is 14.0. The minimum absolute atomic E-state index is 0.191. The molecule has 4 nitrogen and oxygen atoms in total. The Hall–Kier alpha value is -1.62. The molecule has 0 aliphatic carbocycles. The first-order valence-corrected chi connectivity index (χ1v) is 6.09. The standard InChI is InChI=1S/C13H19FN2O2/c14-12-6-4-11(5-7-12)10-16-13(18)15-8-2-1-3-9-17/h4-7,17H,1-3,8-10H2,(H2,15,16,18). The fourth-order valence-electron chi connectivity index (χ4n) is 1.46. The molecule has 3 N–H and O–H groups in total. The van der Waals surface area contributed by atoms with E-state index in [2.05, 4.69) is 10.6 Å². The van der Waals surface area contributed by atoms with Gasteiger partial charge in [-0.25, -0.2) is 9.18 Å². The second kappa shape index (κ2) is 8.47. The third-order valence-electron chi connectivity index (χ3n) is 2.49. The zero-order valence-electron chi connectivity index (χ0n) is 10.3. The molecule has 0 atom stereocenters. The highest BCUT2D eigenvalue weighted by atomic mass is 19.1. The maximum Gasteiger partial charge on any atom is 0.315 e. The third-order valence-corrected chi connectivity index (χ3v) is 2.49. The lowest BCUT2D eigenvalue weighted by atomic mass is 10.2. The minimum Gasteiger partial charge on any atom is -0.396 e. The second-order valence-corrected chi connectivity index (χ2v) is 4.02. The summed E-state index contributed by atoms with van der Waals surface area (Å²) < 4.78 is 12.6. The lowest BCUT2D eigenvalue weighted by Crippen LogP contribution is -2.35. The molecule has 0 fully saturated rings. The van der Waals surface area contributed by atoms with Gasteiger partial charge in [-0.15, -0.1) is 0 Å². The number of carbonyl (C=O) groups excluding carboxylic acids is 1. The largest absolute Gasteiger partial charge is 0.396 e. The molecule has 0 heterocycles. The van der Waals surface area contributed by atoms with E-state index < -0.39 is 0 Å². The quantitative estimate of drug-likeness (QED) is 0.650. The summed E-state index contributed by atoms with van der Waals surface area (Å²) in [6.45, 7) is 1.16. The van der Waals surface area contributed by atoms with Crippen LogP contribution < -0.4 is 10.6 Å². The van der Waals surface area contributed by atoms with Crippen LogP contribution >= 0.6 is 0 Å². The van der Waals surface area contributed by atoms with Gasteiger partial charge in [0.25, 0.3) is 0 Å². The average Bonchev–Trinajstić information content (AvgIpc) is 2.38. The van der Waals surface area contributed by atoms with E-state index in [4.69, 9.17) is 5.11 Å². The first kappa shape index (κ1) is 14.4. The molecule has 18 heavy (non-hydrogen) atoms. The molecule has 0 aliphatic rings. The van der Waals surface area contributed by atoms with Gasteiger partial charge in [0.05, 0.1) is 0 Å². The summed E-state index contributed by atoms with van der Waals surface area (Å²) in [5.74, 6) is -0.285. The van der Waals surface area contributed by atoms with E-state index in [1.165, 1.54) is 12.1 Å². The van der Waals surface area contributed by atoms with E-state index in [9.17, 15) is 9.18 Å². The van der Waals surface area contributed by atoms with Crippen molar-refractivity contribution in [2.24, 2.45) is 0 Å². The van der Waals surface area contributed by atoms with Crippen molar-refractivity contribution in [3.8, 4) is 0 Å². The number of nitrogens with one attached hydrogen (secondary N) is 2. The van der Waals surface area contributed by atoms with Crippen LogP contribution in [0.4, 0.5) is 9.18 Å². The Bertz CT molecular complexity index is 355. The Balaban J connectivity index is 2.11. The number of aliphatic hydroxyl groups is 1. The molecule has 0 aromatic heterocycles. The van der Waals surface area contributed by atoms with Crippen molar-refractivity contribution in [2.75, 3.05) is 13.2 Å². The highest BCUT2D eigenvalue weighted by Gasteiger charge is 1.99. The zero-order valence-corrected chi connectivity index (χ0v) is 10.3. The number of unbranched alkanes of at least 4 members (excludes halogenated alkanes) is 2. The van der Waals surface area contributed by atoms with Crippen LogP contribution in [0.15, 0.2) is 24.3 Å². The first-order valence-electron chi connectivity index (χ1n) is 6.09. The summed E-state index contributed by atoms with van der Waals surface area (Å²) in [5.41, 5.74) is 0.854. The van der Waals surface area contributed by atoms with Crippen molar-refractivity contribution in [3.05, 3.63) is 35.6 Å². The Morgan fingerprint density at radius 2 is 1.83 bits per heavy atom. The van der Waals surface area contributed by atoms with Crippen molar-refractivity contribution >= 4 is 6.03 Å². The van der Waals surface area contributed by atoms with Gasteiger partial charge in [-0.05, 0) is 37.0 Å². The van der Waals surface area contributed by atoms with Crippen LogP contribution in [-0.2, 0) is 6.54 Å². The predicted octanol–water partition coefficient (Wildman–Crippen LogP) is 1.79. The number of hydrogen-bond donors (Lipinski definition) is 3. The molecule has 0 radical (unpaired) electrons. The average molecular weight is 254 g/mol.